The van der Waals surface area contributed by atoms with E-state index in [9.17, 15) is 0 Å². The standard InChI is InChI=1S/C15H19N5/c1-16-12-5-4-6-13(9-12)19-14-10-15(18-11-17-14)20-7-2-3-8-20/h4-6,9-11,16H,2-3,7-8H2,1H3,(H,17,18,19). The Hall–Kier alpha value is -2.30. The third-order valence-corrected chi connectivity index (χ3v) is 3.51. The highest BCUT2D eigenvalue weighted by atomic mass is 15.2. The third-order valence-electron chi connectivity index (χ3n) is 3.51. The Morgan fingerprint density at radius 3 is 2.65 bits per heavy atom. The molecule has 0 bridgehead atoms. The van der Waals surface area contributed by atoms with Crippen LogP contribution in [0.1, 0.15) is 12.8 Å². The summed E-state index contributed by atoms with van der Waals surface area (Å²) in [5, 5.41) is 6.45. The predicted octanol–water partition coefficient (Wildman–Crippen LogP) is 2.86. The number of rotatable bonds is 4. The Morgan fingerprint density at radius 2 is 1.85 bits per heavy atom. The second-order valence-electron chi connectivity index (χ2n) is 4.91. The summed E-state index contributed by atoms with van der Waals surface area (Å²) in [5.74, 6) is 1.83. The molecule has 3 rings (SSSR count). The molecule has 1 saturated heterocycles. The van der Waals surface area contributed by atoms with E-state index in [1.165, 1.54) is 12.8 Å². The summed E-state index contributed by atoms with van der Waals surface area (Å²) < 4.78 is 0. The topological polar surface area (TPSA) is 53.1 Å². The Bertz CT molecular complexity index is 578. The van der Waals surface area contributed by atoms with Crippen molar-refractivity contribution in [3.8, 4) is 0 Å². The zero-order valence-corrected chi connectivity index (χ0v) is 11.6. The molecule has 2 aromatic rings. The molecular weight excluding hydrogens is 250 g/mol. The van der Waals surface area contributed by atoms with Gasteiger partial charge in [0.2, 0.25) is 0 Å². The van der Waals surface area contributed by atoms with Crippen molar-refractivity contribution in [2.75, 3.05) is 35.7 Å². The van der Waals surface area contributed by atoms with Crippen molar-refractivity contribution in [3.05, 3.63) is 36.7 Å². The molecule has 0 unspecified atom stereocenters. The summed E-state index contributed by atoms with van der Waals surface area (Å²) in [7, 11) is 1.91. The van der Waals surface area contributed by atoms with Crippen LogP contribution in [0.15, 0.2) is 36.7 Å². The molecule has 0 spiro atoms. The van der Waals surface area contributed by atoms with Crippen LogP contribution in [0.3, 0.4) is 0 Å². The largest absolute Gasteiger partial charge is 0.388 e. The van der Waals surface area contributed by atoms with E-state index in [0.717, 1.165) is 36.1 Å². The molecular formula is C15H19N5. The van der Waals surface area contributed by atoms with Crippen LogP contribution in [0.5, 0.6) is 0 Å². The fourth-order valence-electron chi connectivity index (χ4n) is 2.43. The summed E-state index contributed by atoms with van der Waals surface area (Å²) >= 11 is 0. The van der Waals surface area contributed by atoms with E-state index in [0.29, 0.717) is 0 Å². The molecule has 1 aromatic heterocycles. The van der Waals surface area contributed by atoms with Gasteiger partial charge in [-0.15, -0.1) is 0 Å². The minimum absolute atomic E-state index is 0.829. The number of aromatic nitrogens is 2. The predicted molar refractivity (Wildman–Crippen MR) is 82.8 cm³/mol. The summed E-state index contributed by atoms with van der Waals surface area (Å²) in [6.45, 7) is 2.18. The molecule has 1 aliphatic heterocycles. The lowest BCUT2D eigenvalue weighted by Gasteiger charge is -2.16. The van der Waals surface area contributed by atoms with Gasteiger partial charge in [-0.05, 0) is 31.0 Å². The van der Waals surface area contributed by atoms with E-state index in [4.69, 9.17) is 0 Å². The molecule has 2 heterocycles. The zero-order valence-electron chi connectivity index (χ0n) is 11.6. The zero-order chi connectivity index (χ0) is 13.8. The van der Waals surface area contributed by atoms with Crippen LogP contribution in [-0.4, -0.2) is 30.1 Å². The number of hydrogen-bond acceptors (Lipinski definition) is 5. The first-order valence-corrected chi connectivity index (χ1v) is 6.97. The molecule has 2 N–H and O–H groups in total. The number of benzene rings is 1. The molecule has 0 amide bonds. The molecule has 1 aromatic carbocycles. The molecule has 0 atom stereocenters. The monoisotopic (exact) mass is 269 g/mol. The van der Waals surface area contributed by atoms with Crippen molar-refractivity contribution in [2.45, 2.75) is 12.8 Å². The maximum absolute atomic E-state index is 4.36. The van der Waals surface area contributed by atoms with Crippen LogP contribution in [-0.2, 0) is 0 Å². The van der Waals surface area contributed by atoms with Gasteiger partial charge < -0.3 is 15.5 Å². The molecule has 20 heavy (non-hydrogen) atoms. The van der Waals surface area contributed by atoms with Gasteiger partial charge in [-0.1, -0.05) is 6.07 Å². The van der Waals surface area contributed by atoms with Gasteiger partial charge in [0.05, 0.1) is 0 Å². The third kappa shape index (κ3) is 2.82. The normalized spacial score (nSPS) is 14.3. The Morgan fingerprint density at radius 1 is 1.05 bits per heavy atom. The number of nitrogens with one attached hydrogen (secondary N) is 2. The SMILES string of the molecule is CNc1cccc(Nc2cc(N3CCCC3)ncn2)c1. The van der Waals surface area contributed by atoms with Crippen LogP contribution in [0.2, 0.25) is 0 Å². The molecule has 1 aliphatic rings. The summed E-state index contributed by atoms with van der Waals surface area (Å²) in [4.78, 5) is 11.0. The minimum Gasteiger partial charge on any atom is -0.388 e. The number of hydrogen-bond donors (Lipinski definition) is 2. The van der Waals surface area contributed by atoms with Gasteiger partial charge in [-0.3, -0.25) is 0 Å². The van der Waals surface area contributed by atoms with Crippen LogP contribution in [0.25, 0.3) is 0 Å². The van der Waals surface area contributed by atoms with Crippen molar-refractivity contribution in [1.29, 1.82) is 0 Å². The van der Waals surface area contributed by atoms with Crippen molar-refractivity contribution >= 4 is 23.0 Å². The molecule has 1 fully saturated rings. The van der Waals surface area contributed by atoms with E-state index in [-0.39, 0.29) is 0 Å². The summed E-state index contributed by atoms with van der Waals surface area (Å²) in [5.41, 5.74) is 2.09. The Balaban J connectivity index is 1.78. The Kier molecular flexibility index (Phi) is 3.67. The lowest BCUT2D eigenvalue weighted by Crippen LogP contribution is -2.19. The molecule has 0 aliphatic carbocycles. The summed E-state index contributed by atoms with van der Waals surface area (Å²) in [6, 6.07) is 10.1. The Labute approximate surface area is 119 Å². The molecule has 5 nitrogen and oxygen atoms in total. The van der Waals surface area contributed by atoms with Crippen LogP contribution in [0.4, 0.5) is 23.0 Å². The fraction of sp³-hybridized carbons (Fsp3) is 0.333. The second-order valence-corrected chi connectivity index (χ2v) is 4.91. The van der Waals surface area contributed by atoms with E-state index in [1.54, 1.807) is 6.33 Å². The summed E-state index contributed by atoms with van der Waals surface area (Å²) in [6.07, 6.45) is 4.12. The van der Waals surface area contributed by atoms with Crippen LogP contribution >= 0.6 is 0 Å². The van der Waals surface area contributed by atoms with Crippen LogP contribution in [0, 0.1) is 0 Å². The van der Waals surface area contributed by atoms with Gasteiger partial charge in [0.25, 0.3) is 0 Å². The van der Waals surface area contributed by atoms with E-state index in [2.05, 4.69) is 31.6 Å². The second kappa shape index (κ2) is 5.77. The maximum Gasteiger partial charge on any atom is 0.135 e. The van der Waals surface area contributed by atoms with Crippen LogP contribution < -0.4 is 15.5 Å². The van der Waals surface area contributed by atoms with Crippen molar-refractivity contribution in [1.82, 2.24) is 9.97 Å². The van der Waals surface area contributed by atoms with Gasteiger partial charge in [-0.2, -0.15) is 0 Å². The maximum atomic E-state index is 4.36. The first-order valence-electron chi connectivity index (χ1n) is 6.97. The first-order chi connectivity index (χ1) is 9.85. The highest BCUT2D eigenvalue weighted by Gasteiger charge is 2.13. The highest BCUT2D eigenvalue weighted by molar-refractivity contribution is 5.64. The van der Waals surface area contributed by atoms with E-state index in [1.807, 2.05) is 31.3 Å². The average Bonchev–Trinajstić information content (AvgIpc) is 3.02. The number of nitrogens with zero attached hydrogens (tertiary/aromatic N) is 3. The van der Waals surface area contributed by atoms with Crippen molar-refractivity contribution in [3.63, 3.8) is 0 Å². The molecule has 0 saturated carbocycles. The van der Waals surface area contributed by atoms with Gasteiger partial charge in [0, 0.05) is 37.6 Å². The first kappa shape index (κ1) is 12.7. The van der Waals surface area contributed by atoms with Gasteiger partial charge >= 0.3 is 0 Å². The smallest absolute Gasteiger partial charge is 0.135 e. The minimum atomic E-state index is 0.829. The van der Waals surface area contributed by atoms with Crippen molar-refractivity contribution in [2.24, 2.45) is 0 Å². The number of anilines is 4. The molecule has 5 heteroatoms. The lowest BCUT2D eigenvalue weighted by molar-refractivity contribution is 0.928. The quantitative estimate of drug-likeness (QED) is 0.894. The van der Waals surface area contributed by atoms with Gasteiger partial charge in [-0.25, -0.2) is 9.97 Å². The molecule has 0 radical (unpaired) electrons. The van der Waals surface area contributed by atoms with Gasteiger partial charge in [0.1, 0.15) is 18.0 Å². The van der Waals surface area contributed by atoms with Gasteiger partial charge in [0.15, 0.2) is 0 Å². The lowest BCUT2D eigenvalue weighted by atomic mass is 10.3. The van der Waals surface area contributed by atoms with E-state index < -0.39 is 0 Å². The highest BCUT2D eigenvalue weighted by Crippen LogP contribution is 2.22. The van der Waals surface area contributed by atoms with Crippen molar-refractivity contribution < 1.29 is 0 Å². The fourth-order valence-corrected chi connectivity index (χ4v) is 2.43. The average molecular weight is 269 g/mol. The molecule has 104 valence electrons. The van der Waals surface area contributed by atoms with E-state index >= 15 is 0 Å².